The van der Waals surface area contributed by atoms with Gasteiger partial charge in [-0.05, 0) is 61.2 Å². The predicted octanol–water partition coefficient (Wildman–Crippen LogP) is 3.78. The zero-order valence-electron chi connectivity index (χ0n) is 21.3. The Morgan fingerprint density at radius 1 is 1.16 bits per heavy atom. The van der Waals surface area contributed by atoms with Gasteiger partial charge in [-0.1, -0.05) is 0 Å². The molecule has 1 unspecified atom stereocenters. The van der Waals surface area contributed by atoms with Gasteiger partial charge in [0.25, 0.3) is 5.91 Å². The monoisotopic (exact) mass is 521 g/mol. The van der Waals surface area contributed by atoms with Crippen molar-refractivity contribution in [3.8, 4) is 17.3 Å². The highest BCUT2D eigenvalue weighted by molar-refractivity contribution is 7.16. The van der Waals surface area contributed by atoms with Crippen LogP contribution in [0.2, 0.25) is 0 Å². The van der Waals surface area contributed by atoms with Crippen molar-refractivity contribution >= 4 is 44.5 Å². The SMILES string of the molecule is COC(=O)[C@H]1CCC(N)CN1C(=O)c1cc(OC)c2c(c1)nc(-c1cc3ccsc3n1CC1CC1)n2C. The number of benzene rings is 1. The molecular formula is C27H31N5O4S. The molecule has 2 N–H and O–H groups in total. The van der Waals surface area contributed by atoms with Crippen LogP contribution in [0.5, 0.6) is 5.75 Å². The molecule has 0 radical (unpaired) electrons. The molecule has 1 aromatic carbocycles. The van der Waals surface area contributed by atoms with Crippen LogP contribution >= 0.6 is 11.3 Å². The summed E-state index contributed by atoms with van der Waals surface area (Å²) in [5, 5.41) is 3.34. The zero-order chi connectivity index (χ0) is 25.8. The fourth-order valence-corrected chi connectivity index (χ4v) is 6.40. The molecule has 4 aromatic rings. The molecule has 1 aliphatic heterocycles. The van der Waals surface area contributed by atoms with Crippen LogP contribution in [0, 0.1) is 5.92 Å². The number of ether oxygens (including phenoxy) is 2. The van der Waals surface area contributed by atoms with E-state index in [1.165, 1.54) is 35.1 Å². The first-order chi connectivity index (χ1) is 17.9. The Morgan fingerprint density at radius 2 is 1.97 bits per heavy atom. The van der Waals surface area contributed by atoms with Crippen molar-refractivity contribution in [1.82, 2.24) is 19.0 Å². The van der Waals surface area contributed by atoms with Gasteiger partial charge in [-0.3, -0.25) is 4.79 Å². The Bertz CT molecular complexity index is 1510. The lowest BCUT2D eigenvalue weighted by atomic mass is 9.97. The van der Waals surface area contributed by atoms with Crippen LogP contribution in [0.3, 0.4) is 0 Å². The zero-order valence-corrected chi connectivity index (χ0v) is 22.1. The van der Waals surface area contributed by atoms with Gasteiger partial charge in [0.05, 0.1) is 25.4 Å². The fraction of sp³-hybridized carbons (Fsp3) is 0.444. The van der Waals surface area contributed by atoms with E-state index in [0.29, 0.717) is 35.6 Å². The average Bonchev–Trinajstić information content (AvgIpc) is 3.35. The Hall–Kier alpha value is -3.37. The first-order valence-electron chi connectivity index (χ1n) is 12.7. The molecule has 1 amide bonds. The third kappa shape index (κ3) is 4.08. The van der Waals surface area contributed by atoms with Crippen molar-refractivity contribution in [3.63, 3.8) is 0 Å². The molecule has 2 aliphatic rings. The number of carbonyl (C=O) groups excluding carboxylic acids is 2. The van der Waals surface area contributed by atoms with E-state index in [9.17, 15) is 9.59 Å². The summed E-state index contributed by atoms with van der Waals surface area (Å²) in [6.07, 6.45) is 3.66. The van der Waals surface area contributed by atoms with Gasteiger partial charge in [-0.25, -0.2) is 9.78 Å². The molecule has 0 bridgehead atoms. The van der Waals surface area contributed by atoms with Crippen LogP contribution in [0.4, 0.5) is 0 Å². The van der Waals surface area contributed by atoms with Crippen molar-refractivity contribution in [2.45, 2.75) is 44.3 Å². The van der Waals surface area contributed by atoms with E-state index in [0.717, 1.165) is 23.6 Å². The number of fused-ring (bicyclic) bond motifs is 2. The van der Waals surface area contributed by atoms with Gasteiger partial charge in [0.15, 0.2) is 5.82 Å². The molecule has 2 fully saturated rings. The summed E-state index contributed by atoms with van der Waals surface area (Å²) in [6, 6.07) is 7.01. The van der Waals surface area contributed by atoms with Gasteiger partial charge in [0, 0.05) is 37.1 Å². The van der Waals surface area contributed by atoms with Crippen LogP contribution in [0.25, 0.3) is 32.8 Å². The third-order valence-corrected chi connectivity index (χ3v) is 8.57. The number of methoxy groups -OCH3 is 2. The number of aryl methyl sites for hydroxylation is 1. The molecule has 6 rings (SSSR count). The molecule has 1 aliphatic carbocycles. The van der Waals surface area contributed by atoms with Gasteiger partial charge in [0.1, 0.15) is 22.1 Å². The number of imidazole rings is 1. The largest absolute Gasteiger partial charge is 0.494 e. The molecule has 37 heavy (non-hydrogen) atoms. The molecule has 194 valence electrons. The molecule has 2 atom stereocenters. The normalized spacial score (nSPS) is 20.1. The topological polar surface area (TPSA) is 105 Å². The standard InChI is InChI=1S/C27H31N5O4S/c1-30-23-19(29-24(30)21-11-16-8-9-37-26(16)32(21)13-15-4-5-15)10-17(12-22(23)35-2)25(33)31-14-18(28)6-7-20(31)27(34)36-3/h8-12,15,18,20H,4-7,13-14,28H2,1-3H3/t18?,20-/m1/s1. The first kappa shape index (κ1) is 24.0. The highest BCUT2D eigenvalue weighted by atomic mass is 32.1. The maximum atomic E-state index is 13.7. The summed E-state index contributed by atoms with van der Waals surface area (Å²) in [7, 11) is 4.91. The molecular weight excluding hydrogens is 490 g/mol. The van der Waals surface area contributed by atoms with E-state index >= 15 is 0 Å². The molecule has 0 spiro atoms. The minimum atomic E-state index is -0.656. The number of aromatic nitrogens is 3. The fourth-order valence-electron chi connectivity index (χ4n) is 5.49. The highest BCUT2D eigenvalue weighted by Crippen LogP contribution is 2.39. The minimum Gasteiger partial charge on any atom is -0.494 e. The molecule has 1 saturated heterocycles. The van der Waals surface area contributed by atoms with Gasteiger partial charge < -0.3 is 29.2 Å². The number of rotatable bonds is 6. The maximum Gasteiger partial charge on any atom is 0.328 e. The Balaban J connectivity index is 1.44. The number of nitrogens with zero attached hydrogens (tertiary/aromatic N) is 4. The lowest BCUT2D eigenvalue weighted by Gasteiger charge is -2.36. The number of thiophene rings is 1. The van der Waals surface area contributed by atoms with Crippen molar-refractivity contribution < 1.29 is 19.1 Å². The van der Waals surface area contributed by atoms with Crippen LogP contribution in [0.1, 0.15) is 36.0 Å². The van der Waals surface area contributed by atoms with E-state index in [1.54, 1.807) is 30.6 Å². The number of esters is 1. The second kappa shape index (κ2) is 9.18. The van der Waals surface area contributed by atoms with Gasteiger partial charge in [-0.15, -0.1) is 11.3 Å². The summed E-state index contributed by atoms with van der Waals surface area (Å²) in [5.74, 6) is 1.39. The Labute approximate surface area is 218 Å². The van der Waals surface area contributed by atoms with Crippen molar-refractivity contribution in [2.24, 2.45) is 18.7 Å². The smallest absolute Gasteiger partial charge is 0.328 e. The maximum absolute atomic E-state index is 13.7. The third-order valence-electron chi connectivity index (χ3n) is 7.62. The van der Waals surface area contributed by atoms with Crippen molar-refractivity contribution in [3.05, 3.63) is 35.2 Å². The lowest BCUT2D eigenvalue weighted by molar-refractivity contribution is -0.147. The quantitative estimate of drug-likeness (QED) is 0.387. The van der Waals surface area contributed by atoms with Crippen molar-refractivity contribution in [1.29, 1.82) is 0 Å². The molecule has 3 aromatic heterocycles. The minimum absolute atomic E-state index is 0.190. The van der Waals surface area contributed by atoms with Crippen LogP contribution in [0.15, 0.2) is 29.6 Å². The van der Waals surface area contributed by atoms with Crippen LogP contribution in [-0.4, -0.2) is 63.7 Å². The number of hydrogen-bond donors (Lipinski definition) is 1. The van der Waals surface area contributed by atoms with Crippen LogP contribution in [-0.2, 0) is 23.1 Å². The summed E-state index contributed by atoms with van der Waals surface area (Å²) in [6.45, 7) is 1.27. The first-order valence-corrected chi connectivity index (χ1v) is 13.5. The number of nitrogens with two attached hydrogens (primary N) is 1. The number of likely N-dealkylation sites (tertiary alicyclic amines) is 1. The molecule has 4 heterocycles. The molecule has 9 nitrogen and oxygen atoms in total. The van der Waals surface area contributed by atoms with E-state index in [-0.39, 0.29) is 18.5 Å². The summed E-state index contributed by atoms with van der Waals surface area (Å²) in [4.78, 5) is 33.9. The Kier molecular flexibility index (Phi) is 5.95. The lowest BCUT2D eigenvalue weighted by Crippen LogP contribution is -2.54. The summed E-state index contributed by atoms with van der Waals surface area (Å²) >= 11 is 1.75. The van der Waals surface area contributed by atoms with Crippen molar-refractivity contribution in [2.75, 3.05) is 20.8 Å². The number of hydrogen-bond acceptors (Lipinski definition) is 7. The van der Waals surface area contributed by atoms with E-state index < -0.39 is 12.0 Å². The molecule has 10 heteroatoms. The van der Waals surface area contributed by atoms with Crippen LogP contribution < -0.4 is 10.5 Å². The van der Waals surface area contributed by atoms with Gasteiger partial charge >= 0.3 is 5.97 Å². The van der Waals surface area contributed by atoms with Gasteiger partial charge in [-0.2, -0.15) is 0 Å². The second-order valence-corrected chi connectivity index (χ2v) is 11.0. The number of amides is 1. The summed E-state index contributed by atoms with van der Waals surface area (Å²) < 4.78 is 15.1. The van der Waals surface area contributed by atoms with E-state index in [2.05, 4.69) is 22.1 Å². The second-order valence-electron chi connectivity index (χ2n) is 10.1. The van der Waals surface area contributed by atoms with E-state index in [4.69, 9.17) is 20.2 Å². The molecule has 1 saturated carbocycles. The number of carbonyl (C=O) groups is 2. The predicted molar refractivity (Wildman–Crippen MR) is 143 cm³/mol. The Morgan fingerprint density at radius 3 is 2.70 bits per heavy atom. The average molecular weight is 522 g/mol. The number of piperidine rings is 1. The summed E-state index contributed by atoms with van der Waals surface area (Å²) in [5.41, 5.74) is 9.12. The van der Waals surface area contributed by atoms with Gasteiger partial charge in [0.2, 0.25) is 0 Å². The van der Waals surface area contributed by atoms with E-state index in [1.807, 2.05) is 11.6 Å². The highest BCUT2D eigenvalue weighted by Gasteiger charge is 2.36.